The molecule has 0 spiro atoms. The Morgan fingerprint density at radius 3 is 2.44 bits per heavy atom. The van der Waals surface area contributed by atoms with Crippen LogP contribution in [0.3, 0.4) is 0 Å². The quantitative estimate of drug-likeness (QED) is 0.751. The molecule has 2 N–H and O–H groups in total. The molecule has 1 unspecified atom stereocenters. The average molecular weight is 251 g/mol. The second-order valence-electron chi connectivity index (χ2n) is 3.95. The number of nitrogens with one attached hydrogen (secondary N) is 1. The van der Waals surface area contributed by atoms with Crippen LogP contribution in [-0.4, -0.2) is 36.7 Å². The predicted octanol–water partition coefficient (Wildman–Crippen LogP) is 0.586. The molecule has 1 aromatic rings. The van der Waals surface area contributed by atoms with Crippen molar-refractivity contribution in [3.8, 4) is 0 Å². The molecule has 0 aromatic heterocycles. The van der Waals surface area contributed by atoms with E-state index in [9.17, 15) is 14.7 Å². The first-order chi connectivity index (χ1) is 8.56. The van der Waals surface area contributed by atoms with Crippen molar-refractivity contribution in [1.29, 1.82) is 0 Å². The molecule has 0 fully saturated rings. The molecular formula is C13H17NO4. The fourth-order valence-electron chi connectivity index (χ4n) is 1.50. The van der Waals surface area contributed by atoms with E-state index in [-0.39, 0.29) is 12.5 Å². The van der Waals surface area contributed by atoms with Gasteiger partial charge in [-0.15, -0.1) is 0 Å². The van der Waals surface area contributed by atoms with Crippen LogP contribution in [0.25, 0.3) is 0 Å². The van der Waals surface area contributed by atoms with Gasteiger partial charge < -0.3 is 15.2 Å². The van der Waals surface area contributed by atoms with E-state index in [1.807, 2.05) is 6.07 Å². The van der Waals surface area contributed by atoms with Crippen molar-refractivity contribution in [2.24, 2.45) is 5.92 Å². The third-order valence-corrected chi connectivity index (χ3v) is 2.60. The van der Waals surface area contributed by atoms with Gasteiger partial charge in [0.15, 0.2) is 0 Å². The van der Waals surface area contributed by atoms with Gasteiger partial charge in [-0.3, -0.25) is 9.59 Å². The van der Waals surface area contributed by atoms with Gasteiger partial charge in [-0.1, -0.05) is 18.2 Å². The van der Waals surface area contributed by atoms with Gasteiger partial charge in [-0.2, -0.15) is 0 Å². The summed E-state index contributed by atoms with van der Waals surface area (Å²) in [4.78, 5) is 23.1. The molecule has 0 saturated heterocycles. The Morgan fingerprint density at radius 2 is 1.94 bits per heavy atom. The molecule has 0 aliphatic rings. The smallest absolute Gasteiger partial charge is 0.313 e. The Hall–Kier alpha value is -1.88. The highest BCUT2D eigenvalue weighted by atomic mass is 16.5. The molecule has 1 aromatic carbocycles. The van der Waals surface area contributed by atoms with Crippen molar-refractivity contribution < 1.29 is 19.4 Å². The molecule has 18 heavy (non-hydrogen) atoms. The molecule has 5 nitrogen and oxygen atoms in total. The maximum absolute atomic E-state index is 11.7. The van der Waals surface area contributed by atoms with Gasteiger partial charge in [-0.25, -0.2) is 0 Å². The first kappa shape index (κ1) is 14.2. The number of ether oxygens (including phenoxy) is 1. The molecule has 2 atom stereocenters. The van der Waals surface area contributed by atoms with Gasteiger partial charge in [0, 0.05) is 12.1 Å². The molecule has 0 aliphatic carbocycles. The zero-order valence-electron chi connectivity index (χ0n) is 10.4. The number of aliphatic hydroxyl groups excluding tert-OH is 1. The first-order valence-corrected chi connectivity index (χ1v) is 5.65. The summed E-state index contributed by atoms with van der Waals surface area (Å²) in [6, 6.07) is 8.66. The van der Waals surface area contributed by atoms with Crippen molar-refractivity contribution in [3.63, 3.8) is 0 Å². The Labute approximate surface area is 106 Å². The molecule has 0 aliphatic heterocycles. The number of carbonyl (C=O) groups excluding carboxylic acids is 2. The van der Waals surface area contributed by atoms with E-state index in [4.69, 9.17) is 0 Å². The Bertz CT molecular complexity index is 403. The molecule has 98 valence electrons. The summed E-state index contributed by atoms with van der Waals surface area (Å²) in [7, 11) is 1.25. The summed E-state index contributed by atoms with van der Waals surface area (Å²) in [5, 5.41) is 12.0. The molecular weight excluding hydrogens is 234 g/mol. The summed E-state index contributed by atoms with van der Waals surface area (Å²) >= 11 is 0. The first-order valence-electron chi connectivity index (χ1n) is 5.65. The van der Waals surface area contributed by atoms with Crippen LogP contribution in [0.1, 0.15) is 17.3 Å². The lowest BCUT2D eigenvalue weighted by atomic mass is 10.0. The van der Waals surface area contributed by atoms with Crippen LogP contribution in [0.4, 0.5) is 0 Å². The van der Waals surface area contributed by atoms with Crippen LogP contribution in [0.5, 0.6) is 0 Å². The number of carbonyl (C=O) groups is 2. The van der Waals surface area contributed by atoms with Gasteiger partial charge >= 0.3 is 5.97 Å². The number of esters is 1. The van der Waals surface area contributed by atoms with Crippen molar-refractivity contribution in [2.75, 3.05) is 13.7 Å². The van der Waals surface area contributed by atoms with E-state index in [2.05, 4.69) is 10.1 Å². The standard InChI is InChI=1S/C13H17NO4/c1-9(15)11(13(17)18-2)8-14-12(16)10-6-4-3-5-7-10/h3-7,9,11,15H,8H2,1-2H3,(H,14,16)/t9-,11?/m1/s1. The molecule has 0 radical (unpaired) electrons. The summed E-state index contributed by atoms with van der Waals surface area (Å²) in [5.74, 6) is -1.59. The summed E-state index contributed by atoms with van der Waals surface area (Å²) in [6.07, 6.45) is -0.881. The lowest BCUT2D eigenvalue weighted by Crippen LogP contribution is -2.39. The monoisotopic (exact) mass is 251 g/mol. The lowest BCUT2D eigenvalue weighted by molar-refractivity contribution is -0.148. The topological polar surface area (TPSA) is 75.6 Å². The van der Waals surface area contributed by atoms with Crippen LogP contribution in [0, 0.1) is 5.92 Å². The summed E-state index contributed by atoms with van der Waals surface area (Å²) in [6.45, 7) is 1.52. The minimum atomic E-state index is -0.881. The summed E-state index contributed by atoms with van der Waals surface area (Å²) < 4.78 is 4.56. The molecule has 1 rings (SSSR count). The second kappa shape index (κ2) is 6.76. The molecule has 1 amide bonds. The lowest BCUT2D eigenvalue weighted by Gasteiger charge is -2.17. The number of hydrogen-bond donors (Lipinski definition) is 2. The van der Waals surface area contributed by atoms with E-state index in [0.29, 0.717) is 5.56 Å². The average Bonchev–Trinajstić information content (AvgIpc) is 2.39. The minimum absolute atomic E-state index is 0.0397. The Balaban J connectivity index is 2.58. The third-order valence-electron chi connectivity index (χ3n) is 2.60. The minimum Gasteiger partial charge on any atom is -0.469 e. The third kappa shape index (κ3) is 3.85. The van der Waals surface area contributed by atoms with Crippen molar-refractivity contribution in [2.45, 2.75) is 13.0 Å². The number of benzene rings is 1. The van der Waals surface area contributed by atoms with Crippen LogP contribution in [0.15, 0.2) is 30.3 Å². The maximum Gasteiger partial charge on any atom is 0.313 e. The summed E-state index contributed by atoms with van der Waals surface area (Å²) in [5.41, 5.74) is 0.506. The van der Waals surface area contributed by atoms with Gasteiger partial charge in [0.1, 0.15) is 0 Å². The maximum atomic E-state index is 11.7. The van der Waals surface area contributed by atoms with Crippen molar-refractivity contribution in [1.82, 2.24) is 5.32 Å². The number of amides is 1. The van der Waals surface area contributed by atoms with E-state index >= 15 is 0 Å². The van der Waals surface area contributed by atoms with Crippen LogP contribution >= 0.6 is 0 Å². The van der Waals surface area contributed by atoms with Gasteiger partial charge in [0.25, 0.3) is 5.91 Å². The van der Waals surface area contributed by atoms with Gasteiger partial charge in [0.2, 0.25) is 0 Å². The fraction of sp³-hybridized carbons (Fsp3) is 0.385. The SMILES string of the molecule is COC(=O)C(CNC(=O)c1ccccc1)[C@@H](C)O. The molecule has 0 bridgehead atoms. The van der Waals surface area contributed by atoms with Crippen LogP contribution < -0.4 is 5.32 Å². The molecule has 0 heterocycles. The fourth-order valence-corrected chi connectivity index (χ4v) is 1.50. The number of aliphatic hydroxyl groups is 1. The molecule has 0 saturated carbocycles. The highest BCUT2D eigenvalue weighted by Gasteiger charge is 2.25. The van der Waals surface area contributed by atoms with Gasteiger partial charge in [0.05, 0.1) is 19.1 Å². The Morgan fingerprint density at radius 1 is 1.33 bits per heavy atom. The van der Waals surface area contributed by atoms with E-state index in [1.165, 1.54) is 14.0 Å². The van der Waals surface area contributed by atoms with E-state index in [1.54, 1.807) is 24.3 Å². The second-order valence-corrected chi connectivity index (χ2v) is 3.95. The Kier molecular flexibility index (Phi) is 5.32. The number of methoxy groups -OCH3 is 1. The number of hydrogen-bond acceptors (Lipinski definition) is 4. The number of rotatable bonds is 5. The molecule has 5 heteroatoms. The largest absolute Gasteiger partial charge is 0.469 e. The van der Waals surface area contributed by atoms with Crippen LogP contribution in [-0.2, 0) is 9.53 Å². The highest BCUT2D eigenvalue weighted by Crippen LogP contribution is 2.05. The van der Waals surface area contributed by atoms with Crippen molar-refractivity contribution in [3.05, 3.63) is 35.9 Å². The normalized spacial score (nSPS) is 13.5. The highest BCUT2D eigenvalue weighted by molar-refractivity contribution is 5.94. The predicted molar refractivity (Wildman–Crippen MR) is 66.0 cm³/mol. The van der Waals surface area contributed by atoms with Crippen LogP contribution in [0.2, 0.25) is 0 Å². The zero-order valence-corrected chi connectivity index (χ0v) is 10.4. The van der Waals surface area contributed by atoms with Gasteiger partial charge in [-0.05, 0) is 19.1 Å². The van der Waals surface area contributed by atoms with Crippen molar-refractivity contribution >= 4 is 11.9 Å². The van der Waals surface area contributed by atoms with E-state index < -0.39 is 18.0 Å². The zero-order chi connectivity index (χ0) is 13.5. The van der Waals surface area contributed by atoms with E-state index in [0.717, 1.165) is 0 Å².